The van der Waals surface area contributed by atoms with Crippen LogP contribution in [0.25, 0.3) is 0 Å². The van der Waals surface area contributed by atoms with Gasteiger partial charge < -0.3 is 11.1 Å². The first-order valence-electron chi connectivity index (χ1n) is 9.38. The molecule has 0 bridgehead atoms. The third-order valence-corrected chi connectivity index (χ3v) is 4.80. The predicted octanol–water partition coefficient (Wildman–Crippen LogP) is 3.81. The summed E-state index contributed by atoms with van der Waals surface area (Å²) in [5.74, 6) is 1.03. The molecule has 1 aromatic heterocycles. The Morgan fingerprint density at radius 1 is 1.04 bits per heavy atom. The molecule has 3 N–H and O–H groups in total. The molecule has 0 amide bonds. The van der Waals surface area contributed by atoms with Crippen LogP contribution in [0.5, 0.6) is 0 Å². The summed E-state index contributed by atoms with van der Waals surface area (Å²) in [6.07, 6.45) is 2.30. The molecule has 28 heavy (non-hydrogen) atoms. The van der Waals surface area contributed by atoms with Gasteiger partial charge in [-0.3, -0.25) is 4.90 Å². The zero-order valence-electron chi connectivity index (χ0n) is 15.8. The van der Waals surface area contributed by atoms with E-state index in [0.29, 0.717) is 24.4 Å². The van der Waals surface area contributed by atoms with Gasteiger partial charge in [-0.25, -0.2) is 4.39 Å². The molecule has 1 aliphatic carbocycles. The molecule has 1 heterocycles. The lowest BCUT2D eigenvalue weighted by molar-refractivity contribution is 0.239. The second-order valence-corrected chi connectivity index (χ2v) is 7.14. The Hall–Kier alpha value is -3.06. The smallest absolute Gasteiger partial charge is 0.232 e. The number of nitrogens with one attached hydrogen (secondary N) is 1. The van der Waals surface area contributed by atoms with Gasteiger partial charge in [-0.05, 0) is 49.1 Å². The average molecular weight is 378 g/mol. The Labute approximate surface area is 163 Å². The fourth-order valence-corrected chi connectivity index (χ4v) is 3.16. The van der Waals surface area contributed by atoms with Gasteiger partial charge in [-0.2, -0.15) is 15.0 Å². The SMILES string of the molecule is Cc1ccccc1Nc1nc(N)nc(CN(Cc2ccc(F)cc2)C2CC2)n1. The van der Waals surface area contributed by atoms with Gasteiger partial charge in [-0.1, -0.05) is 30.3 Å². The fourth-order valence-electron chi connectivity index (χ4n) is 3.16. The molecule has 4 rings (SSSR count). The molecular formula is C21H23FN6. The minimum Gasteiger partial charge on any atom is -0.368 e. The summed E-state index contributed by atoms with van der Waals surface area (Å²) in [4.78, 5) is 15.4. The molecule has 0 atom stereocenters. The first-order chi connectivity index (χ1) is 13.6. The summed E-state index contributed by atoms with van der Waals surface area (Å²) in [6.45, 7) is 3.31. The zero-order chi connectivity index (χ0) is 19.5. The zero-order valence-corrected chi connectivity index (χ0v) is 15.8. The minimum absolute atomic E-state index is 0.193. The topological polar surface area (TPSA) is 80.0 Å². The van der Waals surface area contributed by atoms with Crippen molar-refractivity contribution >= 4 is 17.6 Å². The van der Waals surface area contributed by atoms with E-state index in [2.05, 4.69) is 25.2 Å². The maximum absolute atomic E-state index is 13.2. The van der Waals surface area contributed by atoms with E-state index in [1.54, 1.807) is 0 Å². The van der Waals surface area contributed by atoms with Gasteiger partial charge in [-0.15, -0.1) is 0 Å². The van der Waals surface area contributed by atoms with Gasteiger partial charge in [0.2, 0.25) is 11.9 Å². The van der Waals surface area contributed by atoms with Gasteiger partial charge in [0.1, 0.15) is 11.6 Å². The van der Waals surface area contributed by atoms with Gasteiger partial charge in [0, 0.05) is 18.3 Å². The number of nitrogen functional groups attached to an aromatic ring is 1. The third kappa shape index (κ3) is 4.61. The summed E-state index contributed by atoms with van der Waals surface area (Å²) in [5.41, 5.74) is 9.02. The van der Waals surface area contributed by atoms with Crippen molar-refractivity contribution in [2.24, 2.45) is 0 Å². The summed E-state index contributed by atoms with van der Waals surface area (Å²) < 4.78 is 13.2. The highest BCUT2D eigenvalue weighted by Gasteiger charge is 2.29. The second-order valence-electron chi connectivity index (χ2n) is 7.14. The van der Waals surface area contributed by atoms with Gasteiger partial charge in [0.25, 0.3) is 0 Å². The van der Waals surface area contributed by atoms with Crippen LogP contribution < -0.4 is 11.1 Å². The highest BCUT2D eigenvalue weighted by Crippen LogP contribution is 2.29. The number of rotatable bonds is 7. The number of nitrogens with zero attached hydrogens (tertiary/aromatic N) is 4. The molecule has 0 radical (unpaired) electrons. The van der Waals surface area contributed by atoms with Crippen LogP contribution in [-0.2, 0) is 13.1 Å². The Kier molecular flexibility index (Phi) is 5.16. The number of hydrogen-bond donors (Lipinski definition) is 2. The van der Waals surface area contributed by atoms with Crippen LogP contribution in [0.4, 0.5) is 22.0 Å². The second kappa shape index (κ2) is 7.90. The van der Waals surface area contributed by atoms with Crippen LogP contribution in [-0.4, -0.2) is 25.9 Å². The van der Waals surface area contributed by atoms with Crippen molar-refractivity contribution in [2.75, 3.05) is 11.1 Å². The lowest BCUT2D eigenvalue weighted by Crippen LogP contribution is -2.26. The molecule has 3 aromatic rings. The monoisotopic (exact) mass is 378 g/mol. The normalized spacial score (nSPS) is 13.7. The van der Waals surface area contributed by atoms with Crippen molar-refractivity contribution in [3.8, 4) is 0 Å². The Bertz CT molecular complexity index is 955. The van der Waals surface area contributed by atoms with Gasteiger partial charge in [0.15, 0.2) is 0 Å². The summed E-state index contributed by atoms with van der Waals surface area (Å²) in [5, 5.41) is 3.23. The summed E-state index contributed by atoms with van der Waals surface area (Å²) >= 11 is 0. The van der Waals surface area contributed by atoms with Crippen molar-refractivity contribution in [3.05, 3.63) is 71.3 Å². The highest BCUT2D eigenvalue weighted by molar-refractivity contribution is 5.58. The molecule has 0 spiro atoms. The average Bonchev–Trinajstić information content (AvgIpc) is 3.50. The van der Waals surface area contributed by atoms with Crippen LogP contribution in [0.15, 0.2) is 48.5 Å². The molecule has 2 aromatic carbocycles. The van der Waals surface area contributed by atoms with Crippen molar-refractivity contribution in [3.63, 3.8) is 0 Å². The van der Waals surface area contributed by atoms with E-state index < -0.39 is 0 Å². The van der Waals surface area contributed by atoms with E-state index in [4.69, 9.17) is 5.73 Å². The number of nitrogens with two attached hydrogens (primary N) is 1. The number of aryl methyl sites for hydroxylation is 1. The summed E-state index contributed by atoms with van der Waals surface area (Å²) in [6, 6.07) is 15.0. The van der Waals surface area contributed by atoms with Crippen molar-refractivity contribution in [2.45, 2.75) is 38.9 Å². The van der Waals surface area contributed by atoms with Gasteiger partial charge >= 0.3 is 0 Å². The fraction of sp³-hybridized carbons (Fsp3) is 0.286. The molecule has 1 saturated carbocycles. The molecule has 144 valence electrons. The van der Waals surface area contributed by atoms with Gasteiger partial charge in [0.05, 0.1) is 6.54 Å². The number of anilines is 3. The van der Waals surface area contributed by atoms with Crippen LogP contribution in [0.1, 0.15) is 29.8 Å². The molecule has 7 heteroatoms. The van der Waals surface area contributed by atoms with E-state index in [9.17, 15) is 4.39 Å². The minimum atomic E-state index is -0.223. The first-order valence-corrected chi connectivity index (χ1v) is 9.38. The van der Waals surface area contributed by atoms with Crippen molar-refractivity contribution in [1.82, 2.24) is 19.9 Å². The lowest BCUT2D eigenvalue weighted by atomic mass is 10.2. The van der Waals surface area contributed by atoms with E-state index in [1.165, 1.54) is 12.1 Å². The number of halogens is 1. The number of benzene rings is 2. The van der Waals surface area contributed by atoms with Crippen LogP contribution >= 0.6 is 0 Å². The van der Waals surface area contributed by atoms with Crippen LogP contribution in [0, 0.1) is 12.7 Å². The maximum atomic E-state index is 13.2. The lowest BCUT2D eigenvalue weighted by Gasteiger charge is -2.21. The molecule has 0 saturated heterocycles. The molecule has 0 aliphatic heterocycles. The number of hydrogen-bond acceptors (Lipinski definition) is 6. The van der Waals surface area contributed by atoms with Crippen LogP contribution in [0.2, 0.25) is 0 Å². The van der Waals surface area contributed by atoms with E-state index >= 15 is 0 Å². The molecule has 1 fully saturated rings. The molecule has 6 nitrogen and oxygen atoms in total. The number of para-hydroxylation sites is 1. The molecular weight excluding hydrogens is 355 g/mol. The first kappa shape index (κ1) is 18.3. The number of aromatic nitrogens is 3. The quantitative estimate of drug-likeness (QED) is 0.651. The standard InChI is InChI=1S/C21H23FN6/c1-14-4-2-3-5-18(14)24-21-26-19(25-20(23)27-21)13-28(17-10-11-17)12-15-6-8-16(22)9-7-15/h2-9,17H,10-13H2,1H3,(H3,23,24,25,26,27). The molecule has 0 unspecified atom stereocenters. The van der Waals surface area contributed by atoms with Crippen LogP contribution in [0.3, 0.4) is 0 Å². The Balaban J connectivity index is 1.51. The highest BCUT2D eigenvalue weighted by atomic mass is 19.1. The maximum Gasteiger partial charge on any atom is 0.232 e. The van der Waals surface area contributed by atoms with E-state index in [1.807, 2.05) is 43.3 Å². The van der Waals surface area contributed by atoms with Crippen molar-refractivity contribution < 1.29 is 4.39 Å². The third-order valence-electron chi connectivity index (χ3n) is 4.80. The van der Waals surface area contributed by atoms with E-state index in [0.717, 1.165) is 36.2 Å². The Morgan fingerprint density at radius 3 is 2.50 bits per heavy atom. The van der Waals surface area contributed by atoms with E-state index in [-0.39, 0.29) is 11.8 Å². The largest absolute Gasteiger partial charge is 0.368 e. The molecule has 1 aliphatic rings. The van der Waals surface area contributed by atoms with Crippen molar-refractivity contribution in [1.29, 1.82) is 0 Å². The Morgan fingerprint density at radius 2 is 1.79 bits per heavy atom. The summed E-state index contributed by atoms with van der Waals surface area (Å²) in [7, 11) is 0. The predicted molar refractivity (Wildman–Crippen MR) is 107 cm³/mol.